The van der Waals surface area contributed by atoms with Crippen molar-refractivity contribution in [3.63, 3.8) is 0 Å². The monoisotopic (exact) mass is 427 g/mol. The second kappa shape index (κ2) is 9.89. The van der Waals surface area contributed by atoms with Gasteiger partial charge in [0.2, 0.25) is 6.41 Å². The van der Waals surface area contributed by atoms with Gasteiger partial charge < -0.3 is 24.4 Å². The van der Waals surface area contributed by atoms with Crippen molar-refractivity contribution in [3.05, 3.63) is 59.7 Å². The Morgan fingerprint density at radius 3 is 2.35 bits per heavy atom. The molecule has 0 bridgehead atoms. The molecule has 0 spiro atoms. The van der Waals surface area contributed by atoms with Crippen molar-refractivity contribution in [3.8, 4) is 11.1 Å². The second-order valence-electron chi connectivity index (χ2n) is 8.03. The highest BCUT2D eigenvalue weighted by Gasteiger charge is 2.32. The number of carboxylic acid groups (broad SMARTS) is 1. The molecule has 0 saturated carbocycles. The van der Waals surface area contributed by atoms with E-state index in [9.17, 15) is 15.0 Å². The molecule has 7 heteroatoms. The molecular weight excluding hydrogens is 398 g/mol. The summed E-state index contributed by atoms with van der Waals surface area (Å²) in [6.07, 6.45) is 0.132. The molecule has 166 valence electrons. The third-order valence-electron chi connectivity index (χ3n) is 5.95. The van der Waals surface area contributed by atoms with Crippen LogP contribution in [-0.4, -0.2) is 54.2 Å². The van der Waals surface area contributed by atoms with Crippen molar-refractivity contribution in [1.82, 2.24) is 5.32 Å². The van der Waals surface area contributed by atoms with Gasteiger partial charge in [0.05, 0.1) is 12.7 Å². The third kappa shape index (κ3) is 4.97. The zero-order chi connectivity index (χ0) is 21.8. The predicted octanol–water partition coefficient (Wildman–Crippen LogP) is 3.07. The standard InChI is InChI=1S/C24H29NO6/c1-15(31-21-12-6-7-13-29-21)22(23(26)27)25-24(28)30-14-20-18-10-4-2-8-16(18)17-9-3-5-11-19(17)20/h2-5,8-11,15,20-22,24-25,28H,6-7,12-14H2,1H3,(H,26,27)/t15-,21?,22?,24?/m1/s1. The Morgan fingerprint density at radius 2 is 1.77 bits per heavy atom. The smallest absolute Gasteiger partial charge is 0.323 e. The van der Waals surface area contributed by atoms with Crippen molar-refractivity contribution in [2.75, 3.05) is 13.2 Å². The Labute approximate surface area is 181 Å². The van der Waals surface area contributed by atoms with E-state index in [2.05, 4.69) is 29.6 Å². The summed E-state index contributed by atoms with van der Waals surface area (Å²) < 4.78 is 16.9. The van der Waals surface area contributed by atoms with Crippen molar-refractivity contribution in [2.24, 2.45) is 0 Å². The van der Waals surface area contributed by atoms with Crippen LogP contribution in [0.15, 0.2) is 48.5 Å². The summed E-state index contributed by atoms with van der Waals surface area (Å²) >= 11 is 0. The largest absolute Gasteiger partial charge is 0.480 e. The number of aliphatic carboxylic acids is 1. The average Bonchev–Trinajstić information content (AvgIpc) is 3.10. The summed E-state index contributed by atoms with van der Waals surface area (Å²) in [6, 6.07) is 15.1. The lowest BCUT2D eigenvalue weighted by Gasteiger charge is -2.30. The molecule has 4 atom stereocenters. The van der Waals surface area contributed by atoms with Gasteiger partial charge in [-0.3, -0.25) is 10.1 Å². The number of fused-ring (bicyclic) bond motifs is 3. The molecule has 2 aromatic carbocycles. The van der Waals surface area contributed by atoms with E-state index in [-0.39, 0.29) is 12.5 Å². The van der Waals surface area contributed by atoms with Crippen LogP contribution in [-0.2, 0) is 19.0 Å². The maximum Gasteiger partial charge on any atom is 0.323 e. The van der Waals surface area contributed by atoms with Crippen molar-refractivity contribution >= 4 is 5.97 Å². The fourth-order valence-electron chi connectivity index (χ4n) is 4.37. The van der Waals surface area contributed by atoms with Gasteiger partial charge in [0.15, 0.2) is 6.29 Å². The number of hydrogen-bond acceptors (Lipinski definition) is 6. The van der Waals surface area contributed by atoms with E-state index in [0.29, 0.717) is 6.61 Å². The van der Waals surface area contributed by atoms with E-state index in [0.717, 1.165) is 41.5 Å². The second-order valence-corrected chi connectivity index (χ2v) is 8.03. The van der Waals surface area contributed by atoms with Gasteiger partial charge in [-0.25, -0.2) is 0 Å². The number of nitrogens with one attached hydrogen (secondary N) is 1. The summed E-state index contributed by atoms with van der Waals surface area (Å²) in [6.45, 7) is 2.48. The first-order valence-corrected chi connectivity index (χ1v) is 10.8. The minimum absolute atomic E-state index is 0.0311. The number of aliphatic hydroxyl groups excluding tert-OH is 1. The van der Waals surface area contributed by atoms with Crippen LogP contribution < -0.4 is 5.32 Å². The summed E-state index contributed by atoms with van der Waals surface area (Å²) in [7, 11) is 0. The highest BCUT2D eigenvalue weighted by atomic mass is 16.7. The van der Waals surface area contributed by atoms with Gasteiger partial charge in [-0.1, -0.05) is 48.5 Å². The van der Waals surface area contributed by atoms with Crippen LogP contribution in [0.5, 0.6) is 0 Å². The molecule has 31 heavy (non-hydrogen) atoms. The molecule has 1 heterocycles. The summed E-state index contributed by atoms with van der Waals surface area (Å²) in [5, 5.41) is 22.6. The van der Waals surface area contributed by atoms with Crippen LogP contribution in [0.3, 0.4) is 0 Å². The maximum atomic E-state index is 11.8. The Bertz CT molecular complexity index is 852. The van der Waals surface area contributed by atoms with E-state index >= 15 is 0 Å². The van der Waals surface area contributed by atoms with E-state index in [1.807, 2.05) is 24.3 Å². The number of ether oxygens (including phenoxy) is 3. The molecule has 7 nitrogen and oxygen atoms in total. The molecule has 2 aromatic rings. The number of aliphatic hydroxyl groups is 1. The fraction of sp³-hybridized carbons (Fsp3) is 0.458. The topological polar surface area (TPSA) is 97.3 Å². The Kier molecular flexibility index (Phi) is 6.99. The van der Waals surface area contributed by atoms with E-state index in [4.69, 9.17) is 14.2 Å². The summed E-state index contributed by atoms with van der Waals surface area (Å²) in [5.41, 5.74) is 4.59. The van der Waals surface area contributed by atoms with Crippen molar-refractivity contribution in [1.29, 1.82) is 0 Å². The first-order chi connectivity index (χ1) is 15.0. The third-order valence-corrected chi connectivity index (χ3v) is 5.95. The van der Waals surface area contributed by atoms with Crippen LogP contribution in [0, 0.1) is 0 Å². The van der Waals surface area contributed by atoms with Crippen molar-refractivity contribution in [2.45, 2.75) is 57.0 Å². The molecular formula is C24H29NO6. The van der Waals surface area contributed by atoms with Gasteiger partial charge >= 0.3 is 5.97 Å². The molecule has 0 radical (unpaired) electrons. The van der Waals surface area contributed by atoms with E-state index in [1.54, 1.807) is 6.92 Å². The first-order valence-electron chi connectivity index (χ1n) is 10.8. The lowest BCUT2D eigenvalue weighted by atomic mass is 9.98. The van der Waals surface area contributed by atoms with Gasteiger partial charge in [-0.05, 0) is 48.4 Å². The normalized spacial score (nSPS) is 21.2. The Hall–Kier alpha value is -2.29. The van der Waals surface area contributed by atoms with Gasteiger partial charge in [0, 0.05) is 12.5 Å². The zero-order valence-corrected chi connectivity index (χ0v) is 17.6. The average molecular weight is 427 g/mol. The quantitative estimate of drug-likeness (QED) is 0.529. The van der Waals surface area contributed by atoms with Crippen LogP contribution in [0.2, 0.25) is 0 Å². The molecule has 0 amide bonds. The van der Waals surface area contributed by atoms with Gasteiger partial charge in [-0.2, -0.15) is 0 Å². The van der Waals surface area contributed by atoms with Gasteiger partial charge in [0.25, 0.3) is 0 Å². The molecule has 3 unspecified atom stereocenters. The van der Waals surface area contributed by atoms with Gasteiger partial charge in [0.1, 0.15) is 6.04 Å². The molecule has 4 rings (SSSR count). The SMILES string of the molecule is C[C@@H](OC1CCCCO1)C(NC(O)OCC1c2ccccc2-c2ccccc21)C(=O)O. The highest BCUT2D eigenvalue weighted by molar-refractivity contribution is 5.78. The number of carbonyl (C=O) groups is 1. The minimum atomic E-state index is -1.45. The van der Waals surface area contributed by atoms with Gasteiger partial charge in [-0.15, -0.1) is 0 Å². The van der Waals surface area contributed by atoms with Crippen LogP contribution in [0.25, 0.3) is 11.1 Å². The molecule has 2 aliphatic rings. The number of carboxylic acids is 1. The van der Waals surface area contributed by atoms with Crippen LogP contribution >= 0.6 is 0 Å². The summed E-state index contributed by atoms with van der Waals surface area (Å²) in [4.78, 5) is 11.8. The van der Waals surface area contributed by atoms with E-state index < -0.39 is 30.8 Å². The molecule has 1 aliphatic carbocycles. The van der Waals surface area contributed by atoms with Crippen LogP contribution in [0.4, 0.5) is 0 Å². The summed E-state index contributed by atoms with van der Waals surface area (Å²) in [5.74, 6) is -1.15. The molecule has 1 aliphatic heterocycles. The molecule has 0 aromatic heterocycles. The Morgan fingerprint density at radius 1 is 1.13 bits per heavy atom. The lowest BCUT2D eigenvalue weighted by molar-refractivity contribution is -0.202. The van der Waals surface area contributed by atoms with Crippen molar-refractivity contribution < 1.29 is 29.2 Å². The minimum Gasteiger partial charge on any atom is -0.480 e. The fourth-order valence-corrected chi connectivity index (χ4v) is 4.37. The molecule has 3 N–H and O–H groups in total. The number of benzene rings is 2. The van der Waals surface area contributed by atoms with E-state index in [1.165, 1.54) is 0 Å². The van der Waals surface area contributed by atoms with Crippen LogP contribution in [0.1, 0.15) is 43.2 Å². The zero-order valence-electron chi connectivity index (χ0n) is 17.6. The predicted molar refractivity (Wildman–Crippen MR) is 114 cm³/mol. The first kappa shape index (κ1) is 21.9. The lowest BCUT2D eigenvalue weighted by Crippen LogP contribution is -2.52. The highest BCUT2D eigenvalue weighted by Crippen LogP contribution is 2.44. The Balaban J connectivity index is 1.37. The number of rotatable bonds is 9. The molecule has 1 saturated heterocycles. The molecule has 1 fully saturated rings. The maximum absolute atomic E-state index is 11.8. The number of hydrogen-bond donors (Lipinski definition) is 3.